The molecule has 0 radical (unpaired) electrons. The first kappa shape index (κ1) is 11.5. The minimum Gasteiger partial charge on any atom is -0.410 e. The maximum Gasteiger partial charge on any atom is 0.414 e. The van der Waals surface area contributed by atoms with Crippen molar-refractivity contribution in [3.8, 4) is 5.75 Å². The summed E-state index contributed by atoms with van der Waals surface area (Å²) in [6.07, 6.45) is -0.359. The summed E-state index contributed by atoms with van der Waals surface area (Å²) in [5.74, 6) is 0.585. The van der Waals surface area contributed by atoms with Gasteiger partial charge in [0, 0.05) is 40.1 Å². The van der Waals surface area contributed by atoms with Gasteiger partial charge in [-0.05, 0) is 0 Å². The molecule has 0 saturated carbocycles. The van der Waals surface area contributed by atoms with E-state index in [1.54, 1.807) is 14.1 Å². The molecule has 0 atom stereocenters. The molecule has 0 aliphatic heterocycles. The van der Waals surface area contributed by atoms with E-state index >= 15 is 0 Å². The van der Waals surface area contributed by atoms with Gasteiger partial charge in [-0.3, -0.25) is 0 Å². The van der Waals surface area contributed by atoms with Gasteiger partial charge in [-0.1, -0.05) is 0 Å². The molecule has 0 spiro atoms. The summed E-state index contributed by atoms with van der Waals surface area (Å²) in [6.45, 7) is 3.94. The van der Waals surface area contributed by atoms with Crippen LogP contribution in [0.3, 0.4) is 0 Å². The van der Waals surface area contributed by atoms with E-state index in [0.717, 1.165) is 11.4 Å². The van der Waals surface area contributed by atoms with Gasteiger partial charge in [0.1, 0.15) is 12.8 Å². The van der Waals surface area contributed by atoms with Crippen LogP contribution in [0.25, 0.3) is 0 Å². The van der Waals surface area contributed by atoms with E-state index in [-0.39, 0.29) is 6.09 Å². The second-order valence-corrected chi connectivity index (χ2v) is 3.80. The number of amides is 1. The van der Waals surface area contributed by atoms with Crippen molar-refractivity contribution < 1.29 is 14.1 Å². The second kappa shape index (κ2) is 4.29. The Morgan fingerprint density at radius 1 is 1.27 bits per heavy atom. The van der Waals surface area contributed by atoms with Crippen LogP contribution < -0.4 is 9.30 Å². The molecule has 1 amide bonds. The SMILES string of the molecule is Cc1cc(OC(=O)N(C)C)cc(C)[n+]1C. The highest BCUT2D eigenvalue weighted by Crippen LogP contribution is 2.12. The maximum absolute atomic E-state index is 11.3. The summed E-state index contributed by atoms with van der Waals surface area (Å²) < 4.78 is 7.20. The number of rotatable bonds is 1. The van der Waals surface area contributed by atoms with Crippen LogP contribution in [0.4, 0.5) is 4.79 Å². The standard InChI is InChI=1S/C11H17N2O2/c1-8-6-10(7-9(2)13(8)5)15-11(14)12(3)4/h6-7H,1-5H3/q+1. The average molecular weight is 209 g/mol. The Labute approximate surface area is 90.1 Å². The number of pyridine rings is 1. The van der Waals surface area contributed by atoms with Crippen LogP contribution in [0, 0.1) is 13.8 Å². The zero-order valence-electron chi connectivity index (χ0n) is 9.87. The Bertz CT molecular complexity index is 363. The third-order valence-electron chi connectivity index (χ3n) is 2.33. The van der Waals surface area contributed by atoms with Crippen LogP contribution in [0.1, 0.15) is 11.4 Å². The van der Waals surface area contributed by atoms with E-state index in [9.17, 15) is 4.79 Å². The maximum atomic E-state index is 11.3. The van der Waals surface area contributed by atoms with Gasteiger partial charge in [-0.2, -0.15) is 0 Å². The van der Waals surface area contributed by atoms with Gasteiger partial charge in [0.05, 0.1) is 0 Å². The molecule has 1 aromatic heterocycles. The van der Waals surface area contributed by atoms with Gasteiger partial charge in [0.15, 0.2) is 11.4 Å². The Morgan fingerprint density at radius 2 is 1.73 bits per heavy atom. The van der Waals surface area contributed by atoms with Crippen molar-refractivity contribution in [2.45, 2.75) is 13.8 Å². The second-order valence-electron chi connectivity index (χ2n) is 3.80. The van der Waals surface area contributed by atoms with Crippen LogP contribution >= 0.6 is 0 Å². The summed E-state index contributed by atoms with van der Waals surface area (Å²) in [4.78, 5) is 12.7. The minimum absolute atomic E-state index is 0.359. The molecule has 0 fully saturated rings. The molecular weight excluding hydrogens is 192 g/mol. The summed E-state index contributed by atoms with van der Waals surface area (Å²) in [7, 11) is 5.29. The molecule has 0 N–H and O–H groups in total. The molecule has 82 valence electrons. The molecule has 0 saturated heterocycles. The zero-order valence-corrected chi connectivity index (χ0v) is 9.87. The molecule has 0 aliphatic carbocycles. The summed E-state index contributed by atoms with van der Waals surface area (Å²) in [5.41, 5.74) is 2.10. The highest BCUT2D eigenvalue weighted by molar-refractivity contribution is 5.69. The lowest BCUT2D eigenvalue weighted by Gasteiger charge is -2.10. The lowest BCUT2D eigenvalue weighted by molar-refractivity contribution is -0.683. The van der Waals surface area contributed by atoms with Gasteiger partial charge in [-0.15, -0.1) is 0 Å². The fraction of sp³-hybridized carbons (Fsp3) is 0.455. The first-order chi connectivity index (χ1) is 6.91. The van der Waals surface area contributed by atoms with Gasteiger partial charge >= 0.3 is 6.09 Å². The van der Waals surface area contributed by atoms with E-state index in [2.05, 4.69) is 0 Å². The number of ether oxygens (including phenoxy) is 1. The van der Waals surface area contributed by atoms with Crippen LogP contribution in [0.15, 0.2) is 12.1 Å². The average Bonchev–Trinajstić information content (AvgIpc) is 2.13. The van der Waals surface area contributed by atoms with Gasteiger partial charge in [-0.25, -0.2) is 9.36 Å². The third-order valence-corrected chi connectivity index (χ3v) is 2.33. The first-order valence-electron chi connectivity index (χ1n) is 4.78. The van der Waals surface area contributed by atoms with Crippen LogP contribution in [0.2, 0.25) is 0 Å². The number of aryl methyl sites for hydroxylation is 2. The predicted octanol–water partition coefficient (Wildman–Crippen LogP) is 1.19. The van der Waals surface area contributed by atoms with Crippen molar-refractivity contribution in [1.29, 1.82) is 0 Å². The van der Waals surface area contributed by atoms with Crippen molar-refractivity contribution in [2.24, 2.45) is 7.05 Å². The smallest absolute Gasteiger partial charge is 0.410 e. The van der Waals surface area contributed by atoms with Gasteiger partial charge in [0.2, 0.25) is 0 Å². The predicted molar refractivity (Wildman–Crippen MR) is 56.8 cm³/mol. The van der Waals surface area contributed by atoms with E-state index in [1.807, 2.05) is 37.6 Å². The molecule has 0 aromatic carbocycles. The Morgan fingerprint density at radius 3 is 2.13 bits per heavy atom. The zero-order chi connectivity index (χ0) is 11.6. The molecule has 0 aliphatic rings. The fourth-order valence-electron chi connectivity index (χ4n) is 1.18. The number of carbonyl (C=O) groups excluding carboxylic acids is 1. The summed E-state index contributed by atoms with van der Waals surface area (Å²) in [5, 5.41) is 0. The molecule has 0 bridgehead atoms. The van der Waals surface area contributed by atoms with Crippen LogP contribution in [0.5, 0.6) is 5.75 Å². The Hall–Kier alpha value is -1.58. The molecule has 4 nitrogen and oxygen atoms in total. The molecule has 0 unspecified atom stereocenters. The van der Waals surface area contributed by atoms with Crippen molar-refractivity contribution in [1.82, 2.24) is 4.90 Å². The Kier molecular flexibility index (Phi) is 3.29. The number of carbonyl (C=O) groups is 1. The van der Waals surface area contributed by atoms with E-state index in [1.165, 1.54) is 4.90 Å². The van der Waals surface area contributed by atoms with E-state index in [4.69, 9.17) is 4.74 Å². The topological polar surface area (TPSA) is 33.4 Å². The normalized spacial score (nSPS) is 9.93. The van der Waals surface area contributed by atoms with Crippen molar-refractivity contribution in [2.75, 3.05) is 14.1 Å². The van der Waals surface area contributed by atoms with Crippen molar-refractivity contribution in [3.05, 3.63) is 23.5 Å². The molecule has 1 aromatic rings. The van der Waals surface area contributed by atoms with E-state index in [0.29, 0.717) is 5.75 Å². The molecular formula is C11H17N2O2+. The number of hydrogen-bond donors (Lipinski definition) is 0. The van der Waals surface area contributed by atoms with Crippen LogP contribution in [-0.4, -0.2) is 25.1 Å². The number of aromatic nitrogens is 1. The highest BCUT2D eigenvalue weighted by Gasteiger charge is 2.12. The van der Waals surface area contributed by atoms with Crippen molar-refractivity contribution in [3.63, 3.8) is 0 Å². The number of hydrogen-bond acceptors (Lipinski definition) is 2. The van der Waals surface area contributed by atoms with E-state index < -0.39 is 0 Å². The molecule has 1 heterocycles. The fourth-order valence-corrected chi connectivity index (χ4v) is 1.18. The lowest BCUT2D eigenvalue weighted by atomic mass is 10.3. The summed E-state index contributed by atoms with van der Waals surface area (Å²) >= 11 is 0. The Balaban J connectivity index is 2.93. The molecule has 4 heteroatoms. The van der Waals surface area contributed by atoms with Crippen LogP contribution in [-0.2, 0) is 7.05 Å². The van der Waals surface area contributed by atoms with Gasteiger partial charge < -0.3 is 9.64 Å². The minimum atomic E-state index is -0.359. The number of nitrogens with zero attached hydrogens (tertiary/aromatic N) is 2. The van der Waals surface area contributed by atoms with Gasteiger partial charge in [0.25, 0.3) is 0 Å². The highest BCUT2D eigenvalue weighted by atomic mass is 16.6. The molecule has 1 rings (SSSR count). The molecule has 15 heavy (non-hydrogen) atoms. The lowest BCUT2D eigenvalue weighted by Crippen LogP contribution is -2.35. The van der Waals surface area contributed by atoms with Crippen molar-refractivity contribution >= 4 is 6.09 Å². The monoisotopic (exact) mass is 209 g/mol. The summed E-state index contributed by atoms with van der Waals surface area (Å²) in [6, 6.07) is 3.68. The quantitative estimate of drug-likeness (QED) is 0.651. The first-order valence-corrected chi connectivity index (χ1v) is 4.78. The largest absolute Gasteiger partial charge is 0.414 e. The third kappa shape index (κ3) is 2.68.